The first kappa shape index (κ1) is 19.7. The minimum atomic E-state index is -0.0442. The van der Waals surface area contributed by atoms with E-state index in [-0.39, 0.29) is 5.54 Å². The first-order valence-electron chi connectivity index (χ1n) is 10.6. The van der Waals surface area contributed by atoms with Gasteiger partial charge in [0.15, 0.2) is 0 Å². The van der Waals surface area contributed by atoms with Crippen molar-refractivity contribution in [3.05, 3.63) is 23.5 Å². The van der Waals surface area contributed by atoms with Gasteiger partial charge in [-0.3, -0.25) is 4.90 Å². The summed E-state index contributed by atoms with van der Waals surface area (Å²) < 4.78 is 4.30. The van der Waals surface area contributed by atoms with Crippen LogP contribution in [-0.4, -0.2) is 76.0 Å². The monoisotopic (exact) mass is 424 g/mol. The lowest BCUT2D eigenvalue weighted by molar-refractivity contribution is 0.0744. The van der Waals surface area contributed by atoms with Gasteiger partial charge in [0.1, 0.15) is 10.8 Å². The molecule has 0 aliphatic carbocycles. The van der Waals surface area contributed by atoms with Gasteiger partial charge in [0.25, 0.3) is 0 Å². The zero-order valence-electron chi connectivity index (χ0n) is 17.8. The molecule has 0 aromatic carbocycles. The molecule has 1 N–H and O–H groups in total. The maximum atomic E-state index is 9.55. The van der Waals surface area contributed by atoms with Crippen molar-refractivity contribution in [1.82, 2.24) is 24.1 Å². The van der Waals surface area contributed by atoms with Crippen LogP contribution < -0.4 is 10.2 Å². The second kappa shape index (κ2) is 7.45. The molecule has 0 spiro atoms. The van der Waals surface area contributed by atoms with E-state index in [1.54, 1.807) is 0 Å². The number of aromatic nitrogens is 3. The number of hydrogen-bond acceptors (Lipinski definition) is 9. The maximum Gasteiger partial charge on any atom is 0.229 e. The number of rotatable bonds is 5. The Kier molecular flexibility index (Phi) is 4.88. The topological polar surface area (TPSA) is 84.2 Å². The third kappa shape index (κ3) is 3.43. The molecule has 0 unspecified atom stereocenters. The zero-order chi connectivity index (χ0) is 20.9. The number of nitrogens with zero attached hydrogens (tertiary/aromatic N) is 7. The highest BCUT2D eigenvalue weighted by Gasteiger charge is 2.53. The fraction of sp³-hybridized carbons (Fsp3) is 0.619. The summed E-state index contributed by atoms with van der Waals surface area (Å²) in [6.45, 7) is 10.3. The Balaban J connectivity index is 1.31. The van der Waals surface area contributed by atoms with Gasteiger partial charge in [0, 0.05) is 51.0 Å². The summed E-state index contributed by atoms with van der Waals surface area (Å²) in [6.07, 6.45) is 2.45. The Morgan fingerprint density at radius 3 is 2.60 bits per heavy atom. The molecular weight excluding hydrogens is 396 g/mol. The molecule has 0 bridgehead atoms. The average molecular weight is 425 g/mol. The van der Waals surface area contributed by atoms with Gasteiger partial charge in [0.2, 0.25) is 5.95 Å². The van der Waals surface area contributed by atoms with Gasteiger partial charge in [-0.2, -0.15) is 14.6 Å². The molecule has 8 nitrogen and oxygen atoms in total. The average Bonchev–Trinajstić information content (AvgIpc) is 3.34. The summed E-state index contributed by atoms with van der Waals surface area (Å²) in [4.78, 5) is 16.6. The van der Waals surface area contributed by atoms with E-state index in [9.17, 15) is 5.26 Å². The van der Waals surface area contributed by atoms with Crippen LogP contribution in [0.15, 0.2) is 12.3 Å². The number of nitrogens with one attached hydrogen (secondary N) is 1. The predicted molar refractivity (Wildman–Crippen MR) is 118 cm³/mol. The standard InChI is InChI=1S/C21H28N8S/c1-14-7-23-20(24-18-6-15(2)26-30-18)25-19(14)28-12-21(13-28,4-5-22)29-10-16-8-27(3)9-17(16)11-29/h6-7,16-17H,4,8-13H2,1-3H3,(H,23,24,25)/t16-,17-/m0/s1. The van der Waals surface area contributed by atoms with Gasteiger partial charge in [0.05, 0.1) is 23.7 Å². The summed E-state index contributed by atoms with van der Waals surface area (Å²) in [6, 6.07) is 4.46. The van der Waals surface area contributed by atoms with Crippen molar-refractivity contribution >= 4 is 28.3 Å². The molecule has 2 aromatic heterocycles. The molecule has 0 saturated carbocycles. The normalized spacial score (nSPS) is 25.7. The van der Waals surface area contributed by atoms with Crippen LogP contribution in [0.4, 0.5) is 16.8 Å². The Labute approximate surface area is 181 Å². The summed E-state index contributed by atoms with van der Waals surface area (Å²) in [5, 5.41) is 13.8. The van der Waals surface area contributed by atoms with Crippen LogP contribution in [0.2, 0.25) is 0 Å². The number of anilines is 3. The molecule has 2 atom stereocenters. The third-order valence-corrected chi connectivity index (χ3v) is 7.62. The molecule has 2 aromatic rings. The van der Waals surface area contributed by atoms with Crippen molar-refractivity contribution in [1.29, 1.82) is 5.26 Å². The molecule has 0 amide bonds. The summed E-state index contributed by atoms with van der Waals surface area (Å²) in [5.74, 6) is 3.05. The van der Waals surface area contributed by atoms with E-state index in [0.717, 1.165) is 60.1 Å². The fourth-order valence-corrected chi connectivity index (χ4v) is 6.00. The predicted octanol–water partition coefficient (Wildman–Crippen LogP) is 2.26. The van der Waals surface area contributed by atoms with E-state index < -0.39 is 0 Å². The first-order chi connectivity index (χ1) is 14.5. The van der Waals surface area contributed by atoms with Crippen molar-refractivity contribution < 1.29 is 0 Å². The van der Waals surface area contributed by atoms with E-state index in [1.807, 2.05) is 19.2 Å². The quantitative estimate of drug-likeness (QED) is 0.783. The molecule has 9 heteroatoms. The second-order valence-corrected chi connectivity index (χ2v) is 10.0. The molecule has 3 aliphatic rings. The van der Waals surface area contributed by atoms with Crippen LogP contribution in [0.3, 0.4) is 0 Å². The van der Waals surface area contributed by atoms with Gasteiger partial charge in [-0.15, -0.1) is 0 Å². The number of hydrogen-bond donors (Lipinski definition) is 1. The molecular formula is C21H28N8S. The zero-order valence-corrected chi connectivity index (χ0v) is 18.6. The van der Waals surface area contributed by atoms with E-state index in [2.05, 4.69) is 49.4 Å². The largest absolute Gasteiger partial charge is 0.352 e. The molecule has 5 heterocycles. The van der Waals surface area contributed by atoms with Crippen molar-refractivity contribution in [3.8, 4) is 6.07 Å². The van der Waals surface area contributed by atoms with Crippen LogP contribution in [0.1, 0.15) is 17.7 Å². The van der Waals surface area contributed by atoms with Gasteiger partial charge >= 0.3 is 0 Å². The Morgan fingerprint density at radius 1 is 1.23 bits per heavy atom. The van der Waals surface area contributed by atoms with Crippen molar-refractivity contribution in [3.63, 3.8) is 0 Å². The highest BCUT2D eigenvalue weighted by Crippen LogP contribution is 2.41. The maximum absolute atomic E-state index is 9.55. The Hall–Kier alpha value is -2.28. The first-order valence-corrected chi connectivity index (χ1v) is 11.3. The molecule has 5 rings (SSSR count). The van der Waals surface area contributed by atoms with E-state index in [1.165, 1.54) is 24.6 Å². The highest BCUT2D eigenvalue weighted by molar-refractivity contribution is 7.10. The number of aryl methyl sites for hydroxylation is 2. The number of likely N-dealkylation sites (tertiary alicyclic amines) is 2. The van der Waals surface area contributed by atoms with Crippen LogP contribution in [0, 0.1) is 37.0 Å². The minimum absolute atomic E-state index is 0.0442. The summed E-state index contributed by atoms with van der Waals surface area (Å²) in [7, 11) is 2.22. The number of nitriles is 1. The Morgan fingerprint density at radius 2 is 1.97 bits per heavy atom. The van der Waals surface area contributed by atoms with Gasteiger partial charge in [-0.1, -0.05) is 0 Å². The second-order valence-electron chi connectivity index (χ2n) is 9.22. The summed E-state index contributed by atoms with van der Waals surface area (Å²) >= 11 is 1.41. The van der Waals surface area contributed by atoms with Crippen molar-refractivity contribution in [2.24, 2.45) is 11.8 Å². The lowest BCUT2D eigenvalue weighted by Gasteiger charge is -2.55. The molecule has 3 aliphatic heterocycles. The van der Waals surface area contributed by atoms with Crippen LogP contribution >= 0.6 is 11.5 Å². The van der Waals surface area contributed by atoms with Gasteiger partial charge in [-0.05, 0) is 50.3 Å². The molecule has 0 radical (unpaired) electrons. The third-order valence-electron chi connectivity index (χ3n) is 6.83. The molecule has 3 saturated heterocycles. The van der Waals surface area contributed by atoms with Crippen molar-refractivity contribution in [2.45, 2.75) is 25.8 Å². The lowest BCUT2D eigenvalue weighted by atomic mass is 9.84. The fourth-order valence-electron chi connectivity index (χ4n) is 5.35. The van der Waals surface area contributed by atoms with Crippen LogP contribution in [-0.2, 0) is 0 Å². The Bertz CT molecular complexity index is 962. The highest BCUT2D eigenvalue weighted by atomic mass is 32.1. The van der Waals surface area contributed by atoms with Gasteiger partial charge < -0.3 is 15.1 Å². The molecule has 30 heavy (non-hydrogen) atoms. The summed E-state index contributed by atoms with van der Waals surface area (Å²) in [5.41, 5.74) is 2.00. The van der Waals surface area contributed by atoms with E-state index >= 15 is 0 Å². The lowest BCUT2D eigenvalue weighted by Crippen LogP contribution is -2.70. The van der Waals surface area contributed by atoms with Crippen molar-refractivity contribution in [2.75, 3.05) is 56.5 Å². The van der Waals surface area contributed by atoms with E-state index in [4.69, 9.17) is 4.98 Å². The molecule has 158 valence electrons. The van der Waals surface area contributed by atoms with E-state index in [0.29, 0.717) is 12.4 Å². The minimum Gasteiger partial charge on any atom is -0.352 e. The number of fused-ring (bicyclic) bond motifs is 1. The van der Waals surface area contributed by atoms with Gasteiger partial charge in [-0.25, -0.2) is 4.98 Å². The van der Waals surface area contributed by atoms with Crippen LogP contribution in [0.25, 0.3) is 0 Å². The van der Waals surface area contributed by atoms with Crippen LogP contribution in [0.5, 0.6) is 0 Å². The molecule has 3 fully saturated rings. The smallest absolute Gasteiger partial charge is 0.229 e. The SMILES string of the molecule is Cc1cc(Nc2ncc(C)c(N3CC(CC#N)(N4C[C@@H]5CN(C)C[C@H]5C4)C3)n2)sn1.